The molecule has 0 spiro atoms. The van der Waals surface area contributed by atoms with Crippen molar-refractivity contribution in [1.29, 1.82) is 0 Å². The average Bonchev–Trinajstić information content (AvgIpc) is 3.35. The highest BCUT2D eigenvalue weighted by atomic mass is 19.2. The summed E-state index contributed by atoms with van der Waals surface area (Å²) in [5.41, 5.74) is -1.20. The molecule has 1 heterocycles. The van der Waals surface area contributed by atoms with Crippen molar-refractivity contribution in [2.45, 2.75) is 51.4 Å². The molecule has 1 unspecified atom stereocenters. The van der Waals surface area contributed by atoms with E-state index in [9.17, 15) is 17.6 Å². The van der Waals surface area contributed by atoms with Gasteiger partial charge in [0.2, 0.25) is 0 Å². The van der Waals surface area contributed by atoms with Crippen molar-refractivity contribution in [3.63, 3.8) is 0 Å². The second-order valence-electron chi connectivity index (χ2n) is 5.97. The Balaban J connectivity index is 1.77. The number of hydrogen-bond donors (Lipinski definition) is 0. The summed E-state index contributed by atoms with van der Waals surface area (Å²) in [6, 6.07) is 0. The first-order chi connectivity index (χ1) is 10.6. The van der Waals surface area contributed by atoms with Gasteiger partial charge < -0.3 is 9.47 Å². The van der Waals surface area contributed by atoms with Crippen LogP contribution in [0.1, 0.15) is 43.2 Å². The molecule has 2 aliphatic rings. The van der Waals surface area contributed by atoms with E-state index in [-0.39, 0.29) is 12.3 Å². The van der Waals surface area contributed by atoms with Gasteiger partial charge in [-0.05, 0) is 44.4 Å². The molecular formula is C16H18F4O2. The summed E-state index contributed by atoms with van der Waals surface area (Å²) in [5, 5.41) is 0. The Labute approximate surface area is 126 Å². The third kappa shape index (κ3) is 3.27. The maximum Gasteiger partial charge on any atom is 0.167 e. The summed E-state index contributed by atoms with van der Waals surface area (Å²) in [6.07, 6.45) is 3.54. The van der Waals surface area contributed by atoms with E-state index in [0.717, 1.165) is 25.7 Å². The minimum absolute atomic E-state index is 0.0401. The summed E-state index contributed by atoms with van der Waals surface area (Å²) < 4.78 is 66.5. The Kier molecular flexibility index (Phi) is 4.68. The van der Waals surface area contributed by atoms with Crippen molar-refractivity contribution in [2.75, 3.05) is 6.61 Å². The molecule has 22 heavy (non-hydrogen) atoms. The van der Waals surface area contributed by atoms with E-state index in [0.29, 0.717) is 13.0 Å². The molecule has 1 aliphatic carbocycles. The van der Waals surface area contributed by atoms with Crippen molar-refractivity contribution in [3.8, 4) is 0 Å². The lowest BCUT2D eigenvalue weighted by Gasteiger charge is -2.23. The second kappa shape index (κ2) is 6.54. The van der Waals surface area contributed by atoms with Gasteiger partial charge in [0, 0.05) is 12.2 Å². The van der Waals surface area contributed by atoms with Crippen LogP contribution in [0.3, 0.4) is 0 Å². The van der Waals surface area contributed by atoms with Gasteiger partial charge >= 0.3 is 0 Å². The van der Waals surface area contributed by atoms with Crippen molar-refractivity contribution >= 4 is 0 Å². The molecule has 0 N–H and O–H groups in total. The predicted octanol–water partition coefficient (Wildman–Crippen LogP) is 4.24. The summed E-state index contributed by atoms with van der Waals surface area (Å²) in [6.45, 7) is -0.0292. The van der Waals surface area contributed by atoms with Crippen LogP contribution < -0.4 is 0 Å². The highest BCUT2D eigenvalue weighted by Crippen LogP contribution is 2.36. The molecule has 6 heteroatoms. The molecule has 0 bridgehead atoms. The Morgan fingerprint density at radius 3 is 2.05 bits per heavy atom. The SMILES string of the molecule is Fc1c(F)c(CC2CC2)c(F)c(F)c1COC1CCCCO1. The van der Waals surface area contributed by atoms with E-state index < -0.39 is 47.3 Å². The Bertz CT molecular complexity index is 523. The van der Waals surface area contributed by atoms with Crippen molar-refractivity contribution < 1.29 is 27.0 Å². The monoisotopic (exact) mass is 318 g/mol. The number of rotatable bonds is 5. The standard InChI is InChI=1S/C16H18F4O2/c17-13-10(7-9-4-5-9)14(18)16(20)11(15(13)19)8-22-12-3-1-2-6-21-12/h9,12H,1-8H2. The van der Waals surface area contributed by atoms with E-state index in [4.69, 9.17) is 9.47 Å². The smallest absolute Gasteiger partial charge is 0.167 e. The van der Waals surface area contributed by atoms with Crippen molar-refractivity contribution in [3.05, 3.63) is 34.4 Å². The van der Waals surface area contributed by atoms with Crippen LogP contribution in [0, 0.1) is 29.2 Å². The first-order valence-electron chi connectivity index (χ1n) is 7.64. The molecule has 1 aromatic carbocycles. The first-order valence-corrected chi connectivity index (χ1v) is 7.64. The van der Waals surface area contributed by atoms with Crippen molar-refractivity contribution in [1.82, 2.24) is 0 Å². The maximum absolute atomic E-state index is 14.0. The lowest BCUT2D eigenvalue weighted by atomic mass is 10.0. The highest BCUT2D eigenvalue weighted by molar-refractivity contribution is 5.30. The zero-order valence-corrected chi connectivity index (χ0v) is 12.1. The fourth-order valence-corrected chi connectivity index (χ4v) is 2.66. The summed E-state index contributed by atoms with van der Waals surface area (Å²) in [7, 11) is 0. The van der Waals surface area contributed by atoms with Crippen molar-refractivity contribution in [2.24, 2.45) is 5.92 Å². The van der Waals surface area contributed by atoms with Gasteiger partial charge in [-0.15, -0.1) is 0 Å². The Morgan fingerprint density at radius 1 is 0.864 bits per heavy atom. The van der Waals surface area contributed by atoms with E-state index in [1.54, 1.807) is 0 Å². The van der Waals surface area contributed by atoms with Crippen LogP contribution in [0.25, 0.3) is 0 Å². The highest BCUT2D eigenvalue weighted by Gasteiger charge is 2.30. The summed E-state index contributed by atoms with van der Waals surface area (Å²) in [5.74, 6) is -5.18. The number of halogens is 4. The Morgan fingerprint density at radius 2 is 1.50 bits per heavy atom. The van der Waals surface area contributed by atoms with Crippen LogP contribution >= 0.6 is 0 Å². The van der Waals surface area contributed by atoms with Gasteiger partial charge in [-0.25, -0.2) is 17.6 Å². The van der Waals surface area contributed by atoms with Crippen LogP contribution in [0.2, 0.25) is 0 Å². The van der Waals surface area contributed by atoms with Gasteiger partial charge in [-0.3, -0.25) is 0 Å². The van der Waals surface area contributed by atoms with Gasteiger partial charge in [0.05, 0.1) is 12.2 Å². The predicted molar refractivity (Wildman–Crippen MR) is 71.1 cm³/mol. The lowest BCUT2D eigenvalue weighted by molar-refractivity contribution is -0.169. The van der Waals surface area contributed by atoms with Gasteiger partial charge in [0.25, 0.3) is 0 Å². The van der Waals surface area contributed by atoms with Crippen LogP contribution in [0.5, 0.6) is 0 Å². The molecule has 1 aliphatic heterocycles. The van der Waals surface area contributed by atoms with Crippen LogP contribution in [-0.4, -0.2) is 12.9 Å². The molecule has 1 atom stereocenters. The van der Waals surface area contributed by atoms with Crippen LogP contribution in [-0.2, 0) is 22.5 Å². The fraction of sp³-hybridized carbons (Fsp3) is 0.625. The molecule has 2 fully saturated rings. The third-order valence-corrected chi connectivity index (χ3v) is 4.19. The molecule has 122 valence electrons. The number of hydrogen-bond acceptors (Lipinski definition) is 2. The molecular weight excluding hydrogens is 300 g/mol. The summed E-state index contributed by atoms with van der Waals surface area (Å²) >= 11 is 0. The molecule has 2 nitrogen and oxygen atoms in total. The van der Waals surface area contributed by atoms with Crippen LogP contribution in [0.4, 0.5) is 17.6 Å². The average molecular weight is 318 g/mol. The summed E-state index contributed by atoms with van der Waals surface area (Å²) in [4.78, 5) is 0. The molecule has 1 saturated carbocycles. The molecule has 1 saturated heterocycles. The molecule has 0 radical (unpaired) electrons. The quantitative estimate of drug-likeness (QED) is 0.597. The normalized spacial score (nSPS) is 22.1. The molecule has 0 aromatic heterocycles. The Hall–Kier alpha value is -1.14. The zero-order valence-electron chi connectivity index (χ0n) is 12.1. The number of benzene rings is 1. The van der Waals surface area contributed by atoms with Crippen LogP contribution in [0.15, 0.2) is 0 Å². The third-order valence-electron chi connectivity index (χ3n) is 4.19. The fourth-order valence-electron chi connectivity index (χ4n) is 2.66. The van der Waals surface area contributed by atoms with Gasteiger partial charge in [0.15, 0.2) is 29.6 Å². The van der Waals surface area contributed by atoms with Gasteiger partial charge in [-0.1, -0.05) is 0 Å². The zero-order chi connectivity index (χ0) is 15.7. The minimum atomic E-state index is -1.36. The first kappa shape index (κ1) is 15.7. The molecule has 3 rings (SSSR count). The maximum atomic E-state index is 14.0. The van der Waals surface area contributed by atoms with E-state index >= 15 is 0 Å². The van der Waals surface area contributed by atoms with E-state index in [1.165, 1.54) is 0 Å². The molecule has 0 amide bonds. The second-order valence-corrected chi connectivity index (χ2v) is 5.97. The van der Waals surface area contributed by atoms with E-state index in [2.05, 4.69) is 0 Å². The number of ether oxygens (including phenoxy) is 2. The molecule has 1 aromatic rings. The lowest BCUT2D eigenvalue weighted by Crippen LogP contribution is -2.23. The van der Waals surface area contributed by atoms with Gasteiger partial charge in [-0.2, -0.15) is 0 Å². The van der Waals surface area contributed by atoms with E-state index in [1.807, 2.05) is 0 Å². The minimum Gasteiger partial charge on any atom is -0.353 e. The topological polar surface area (TPSA) is 18.5 Å². The largest absolute Gasteiger partial charge is 0.353 e. The van der Waals surface area contributed by atoms with Gasteiger partial charge in [0.1, 0.15) is 0 Å².